The van der Waals surface area contributed by atoms with E-state index in [1.54, 1.807) is 0 Å². The van der Waals surface area contributed by atoms with E-state index < -0.39 is 362 Å². The average molecular weight is 1920 g/mol. The van der Waals surface area contributed by atoms with Crippen molar-refractivity contribution >= 4 is 15.5 Å². The molecule has 686 valence electrons. The number of hydrogen-bond donors (Lipinski definition) is 2. The quantitative estimate of drug-likeness (QED) is 0.0354. The Bertz CT molecular complexity index is 4440. The predicted octanol–water partition coefficient (Wildman–Crippen LogP) is 26.4. The predicted molar refractivity (Wildman–Crippen MR) is 327 cm³/mol. The minimum atomic E-state index is -2.68. The van der Waals surface area contributed by atoms with Gasteiger partial charge in [0, 0.05) is 0 Å². The first-order chi connectivity index (χ1) is 58.4. The summed E-state index contributed by atoms with van der Waals surface area (Å²) in [5.41, 5.74) is -22.6. The summed E-state index contributed by atoms with van der Waals surface area (Å²) in [6.07, 6.45) is 11.0. The van der Waals surface area contributed by atoms with E-state index in [9.17, 15) is 220 Å². The summed E-state index contributed by atoms with van der Waals surface area (Å²) < 4.78 is 671. The molecule has 0 fully saturated rings. The van der Waals surface area contributed by atoms with Gasteiger partial charge in [-0.05, 0) is 25.9 Å². The van der Waals surface area contributed by atoms with Crippen molar-refractivity contribution in [3.63, 3.8) is 0 Å². The zero-order chi connectivity index (χ0) is 97.1. The van der Waals surface area contributed by atoms with E-state index in [0.717, 1.165) is 0 Å². The Morgan fingerprint density at radius 1 is 0.151 bits per heavy atom. The molecule has 0 bridgehead atoms. The van der Waals surface area contributed by atoms with Crippen LogP contribution in [-0.4, -0.2) is 32.7 Å². The van der Waals surface area contributed by atoms with Crippen LogP contribution in [0.1, 0.15) is 65.2 Å². The molecule has 2 N–H and O–H groups in total. The first-order valence-corrected chi connectivity index (χ1v) is 33.3. The molecule has 10 aromatic rings. The van der Waals surface area contributed by atoms with E-state index in [2.05, 4.69) is 19.2 Å². The number of halogens is 50. The summed E-state index contributed by atoms with van der Waals surface area (Å²) >= 11 is -1.50. The molecule has 54 heteroatoms. The maximum absolute atomic E-state index is 13.4. The Morgan fingerprint density at radius 3 is 0.294 bits per heavy atom. The summed E-state index contributed by atoms with van der Waals surface area (Å²) in [5.74, 6) is -133. The molecule has 0 saturated carbocycles. The van der Waals surface area contributed by atoms with Gasteiger partial charge in [0.2, 0.25) is 58.2 Å². The molecule has 0 atom stereocenters. The number of rotatable bonds is 15. The van der Waals surface area contributed by atoms with E-state index in [1.165, 1.54) is 64.5 Å². The van der Waals surface area contributed by atoms with Gasteiger partial charge in [-0.3, -0.25) is 0 Å². The van der Waals surface area contributed by atoms with Crippen LogP contribution in [0.25, 0.3) is 55.6 Å². The van der Waals surface area contributed by atoms with E-state index in [4.69, 9.17) is 7.96 Å². The fraction of sp³-hybridized carbons (Fsp3) is 0.167. The molecule has 0 saturated heterocycles. The van der Waals surface area contributed by atoms with Gasteiger partial charge >= 0.3 is 23.4 Å². The Hall–Kier alpha value is -11.2. The molecule has 3 nitrogen and oxygen atoms in total. The Balaban J connectivity index is 0.000000317. The van der Waals surface area contributed by atoms with Crippen LogP contribution in [0.15, 0.2) is 0 Å². The zero-order valence-electron chi connectivity index (χ0n) is 59.9. The molecule has 0 amide bonds. The van der Waals surface area contributed by atoms with Crippen molar-refractivity contribution in [2.75, 3.05) is 13.1 Å². The molecule has 0 aromatic heterocycles. The second kappa shape index (κ2) is 44.3. The summed E-state index contributed by atoms with van der Waals surface area (Å²) in [6, 6.07) is 0. The summed E-state index contributed by atoms with van der Waals surface area (Å²) in [5, 5.41) is 3.50. The third-order valence-corrected chi connectivity index (χ3v) is 15.8. The molecule has 0 spiro atoms. The molecule has 0 heterocycles. The third kappa shape index (κ3) is 21.0. The summed E-state index contributed by atoms with van der Waals surface area (Å²) in [6.45, 7) is 6.98. The van der Waals surface area contributed by atoms with Crippen molar-refractivity contribution < 1.29 is 227 Å². The van der Waals surface area contributed by atoms with Gasteiger partial charge in [-0.2, -0.15) is 0 Å². The standard InChI is InChI=1S/5C12F10.C12H27N.Al.H2O.O/c5*13-3-1(4(14)8(18)11(21)7(3)17)2-5(15)9(19)12(22)10(20)6(2)16;1-3-5-7-9-11-13-12-10-8-6-4-2;;;/h;;;;;13H,3-12H2,1-2H3;;1H2;/q;;;;;;+1;;/p-1. The fourth-order valence-corrected chi connectivity index (χ4v) is 9.72. The molecule has 126 heavy (non-hydrogen) atoms. The molecular weight excluding hydrogens is 1890 g/mol. The molecule has 0 aliphatic rings. The normalized spacial score (nSPS) is 10.9. The molecule has 10 aromatic carbocycles. The topological polar surface area (TPSA) is 49.3 Å². The minimum absolute atomic E-state index is 1.23. The molecular formula is C72H28AlF50NO2. The van der Waals surface area contributed by atoms with Crippen LogP contribution >= 0.6 is 0 Å². The Morgan fingerprint density at radius 2 is 0.222 bits per heavy atom. The molecule has 0 aliphatic heterocycles. The van der Waals surface area contributed by atoms with Crippen molar-refractivity contribution in [3.05, 3.63) is 291 Å². The number of nitrogens with one attached hydrogen (secondary N) is 1. The van der Waals surface area contributed by atoms with Crippen LogP contribution in [0.2, 0.25) is 0 Å². The Kier molecular flexibility index (Phi) is 37.7. The second-order valence-electron chi connectivity index (χ2n) is 23.4. The van der Waals surface area contributed by atoms with Crippen LogP contribution in [0, 0.1) is 291 Å². The first-order valence-electron chi connectivity index (χ1n) is 32.3. The van der Waals surface area contributed by atoms with Crippen LogP contribution < -0.4 is 5.32 Å². The van der Waals surface area contributed by atoms with E-state index >= 15 is 0 Å². The van der Waals surface area contributed by atoms with Gasteiger partial charge in [0.05, 0.1) is 55.6 Å². The Labute approximate surface area is 671 Å². The second-order valence-corrected chi connectivity index (χ2v) is 23.6. The van der Waals surface area contributed by atoms with E-state index in [-0.39, 0.29) is 0 Å². The van der Waals surface area contributed by atoms with Crippen LogP contribution in [0.5, 0.6) is 0 Å². The van der Waals surface area contributed by atoms with E-state index in [0.29, 0.717) is 0 Å². The maximum atomic E-state index is 13.4. The van der Waals surface area contributed by atoms with Gasteiger partial charge in [0.1, 0.15) is 0 Å². The molecule has 0 aliphatic carbocycles. The summed E-state index contributed by atoms with van der Waals surface area (Å²) in [7, 11) is 0. The van der Waals surface area contributed by atoms with E-state index in [1.807, 2.05) is 0 Å². The van der Waals surface area contributed by atoms with Crippen LogP contribution in [0.3, 0.4) is 0 Å². The van der Waals surface area contributed by atoms with Crippen molar-refractivity contribution in [1.29, 1.82) is 0 Å². The molecule has 10 rings (SSSR count). The number of unbranched alkanes of at least 4 members (excludes halogenated alkanes) is 6. The molecule has 0 radical (unpaired) electrons. The monoisotopic (exact) mass is 1920 g/mol. The number of hydrogen-bond acceptors (Lipinski definition) is 2. The van der Waals surface area contributed by atoms with Gasteiger partial charge in [0.25, 0.3) is 0 Å². The number of benzene rings is 10. The van der Waals surface area contributed by atoms with Gasteiger partial charge in [0.15, 0.2) is 233 Å². The van der Waals surface area contributed by atoms with Crippen molar-refractivity contribution in [3.8, 4) is 55.6 Å². The average Bonchev–Trinajstić information content (AvgIpc) is 0.771. The van der Waals surface area contributed by atoms with Gasteiger partial charge in [-0.25, -0.2) is 220 Å². The van der Waals surface area contributed by atoms with Crippen LogP contribution in [-0.2, 0) is 3.80 Å². The van der Waals surface area contributed by atoms with Gasteiger partial charge < -0.3 is 5.32 Å². The fourth-order valence-electron chi connectivity index (χ4n) is 9.72. The van der Waals surface area contributed by atoms with Crippen molar-refractivity contribution in [1.82, 2.24) is 5.32 Å². The van der Waals surface area contributed by atoms with Gasteiger partial charge in [-0.1, -0.05) is 52.4 Å². The summed E-state index contributed by atoms with van der Waals surface area (Å²) in [4.78, 5) is 0. The van der Waals surface area contributed by atoms with Crippen molar-refractivity contribution in [2.24, 2.45) is 0 Å². The third-order valence-electron chi connectivity index (χ3n) is 15.8. The first kappa shape index (κ1) is 107. The van der Waals surface area contributed by atoms with Gasteiger partial charge in [-0.15, -0.1) is 0 Å². The zero-order valence-corrected chi connectivity index (χ0v) is 61.1. The molecule has 0 unspecified atom stereocenters. The van der Waals surface area contributed by atoms with Crippen LogP contribution in [0.4, 0.5) is 220 Å². The SMILES string of the molecule is CCCCCCNCCCCCC.Fc1c(F)c(F)c(-c2c(F)c(F)c(F)c(F)c2F)c(F)c1F.Fc1c(F)c(F)c(-c2c(F)c(F)c(F)c(F)c2F)c(F)c1F.Fc1c(F)c(F)c(-c2c(F)c(F)c(F)c(F)c2F)c(F)c1F.Fc1c(F)c(F)c(-c2c(F)c(F)c(F)c(F)c2F)c(F)c1F.Fc1c(F)c(F)c(-c2c(F)c(F)c(F)c(F)c2F)c(F)c1F.[O]=[Al][OH]. The van der Waals surface area contributed by atoms with Crippen molar-refractivity contribution in [2.45, 2.75) is 65.2 Å².